The predicted molar refractivity (Wildman–Crippen MR) is 75.0 cm³/mol. The molecule has 6 heteroatoms. The maximum Gasteiger partial charge on any atom is 0.222 e. The number of aromatic nitrogens is 3. The van der Waals surface area contributed by atoms with Crippen molar-refractivity contribution in [2.24, 2.45) is 0 Å². The quantitative estimate of drug-likeness (QED) is 0.862. The van der Waals surface area contributed by atoms with E-state index in [2.05, 4.69) is 10.2 Å². The highest BCUT2D eigenvalue weighted by Gasteiger charge is 2.28. The van der Waals surface area contributed by atoms with Crippen LogP contribution in [0.2, 0.25) is 0 Å². The van der Waals surface area contributed by atoms with Crippen LogP contribution in [-0.4, -0.2) is 38.9 Å². The van der Waals surface area contributed by atoms with Crippen LogP contribution < -0.4 is 0 Å². The molecule has 5 nitrogen and oxygen atoms in total. The summed E-state index contributed by atoms with van der Waals surface area (Å²) in [4.78, 5) is 15.7. The Kier molecular flexibility index (Phi) is 3.94. The fourth-order valence-corrected chi connectivity index (χ4v) is 2.67. The van der Waals surface area contributed by atoms with Crippen LogP contribution in [0.3, 0.4) is 0 Å². The van der Waals surface area contributed by atoms with Crippen molar-refractivity contribution in [1.29, 1.82) is 0 Å². The minimum Gasteiger partial charge on any atom is -0.340 e. The van der Waals surface area contributed by atoms with E-state index < -0.39 is 0 Å². The second-order valence-corrected chi connectivity index (χ2v) is 5.22. The molecule has 1 saturated heterocycles. The van der Waals surface area contributed by atoms with E-state index in [4.69, 9.17) is 0 Å². The number of carbonyl (C=O) groups excluding carboxylic acids is 1. The van der Waals surface area contributed by atoms with E-state index in [1.165, 1.54) is 6.07 Å². The number of likely N-dealkylation sites (tertiary alicyclic amines) is 1. The van der Waals surface area contributed by atoms with Crippen LogP contribution in [0.5, 0.6) is 0 Å². The minimum absolute atomic E-state index is 0.0629. The average Bonchev–Trinajstić information content (AvgIpc) is 3.16. The predicted octanol–water partition coefficient (Wildman–Crippen LogP) is 1.82. The van der Waals surface area contributed by atoms with Gasteiger partial charge in [0.1, 0.15) is 5.82 Å². The second kappa shape index (κ2) is 6.03. The van der Waals surface area contributed by atoms with Crippen LogP contribution >= 0.6 is 0 Å². The summed E-state index contributed by atoms with van der Waals surface area (Å²) in [5, 5.41) is 8.23. The van der Waals surface area contributed by atoms with Crippen LogP contribution in [0.25, 0.3) is 0 Å². The molecule has 3 rings (SSSR count). The molecule has 0 bridgehead atoms. The number of hydrogen-bond donors (Lipinski definition) is 0. The number of benzene rings is 1. The van der Waals surface area contributed by atoms with Crippen LogP contribution in [0.15, 0.2) is 36.7 Å². The second-order valence-electron chi connectivity index (χ2n) is 5.22. The third-order valence-corrected chi connectivity index (χ3v) is 3.85. The maximum absolute atomic E-state index is 13.5. The van der Waals surface area contributed by atoms with Crippen LogP contribution in [0.4, 0.5) is 4.39 Å². The summed E-state index contributed by atoms with van der Waals surface area (Å²) < 4.78 is 13.5. The SMILES string of the molecule is O=C(CCc1ccccc1F)N1CC[C@@H](n2nccn2)C1. The first-order valence-corrected chi connectivity index (χ1v) is 7.11. The summed E-state index contributed by atoms with van der Waals surface area (Å²) in [5.41, 5.74) is 0.593. The number of halogens is 1. The largest absolute Gasteiger partial charge is 0.340 e. The first kappa shape index (κ1) is 13.7. The molecule has 0 unspecified atom stereocenters. The van der Waals surface area contributed by atoms with Crippen molar-refractivity contribution in [3.05, 3.63) is 48.0 Å². The summed E-state index contributed by atoms with van der Waals surface area (Å²) in [6.07, 6.45) is 4.92. The molecule has 0 saturated carbocycles. The highest BCUT2D eigenvalue weighted by atomic mass is 19.1. The lowest BCUT2D eigenvalue weighted by Gasteiger charge is -2.16. The van der Waals surface area contributed by atoms with Crippen LogP contribution in [0, 0.1) is 5.82 Å². The van der Waals surface area contributed by atoms with Gasteiger partial charge in [-0.1, -0.05) is 18.2 Å². The van der Waals surface area contributed by atoms with Gasteiger partial charge >= 0.3 is 0 Å². The van der Waals surface area contributed by atoms with E-state index in [9.17, 15) is 9.18 Å². The Morgan fingerprint density at radius 3 is 2.81 bits per heavy atom. The van der Waals surface area contributed by atoms with Crippen molar-refractivity contribution in [3.8, 4) is 0 Å². The highest BCUT2D eigenvalue weighted by molar-refractivity contribution is 5.76. The molecule has 1 amide bonds. The van der Waals surface area contributed by atoms with Gasteiger partial charge in [-0.2, -0.15) is 15.0 Å². The monoisotopic (exact) mass is 288 g/mol. The molecule has 1 atom stereocenters. The molecule has 0 aliphatic carbocycles. The highest BCUT2D eigenvalue weighted by Crippen LogP contribution is 2.21. The number of rotatable bonds is 4. The number of hydrogen-bond acceptors (Lipinski definition) is 3. The number of carbonyl (C=O) groups is 1. The molecule has 110 valence electrons. The molecular weight excluding hydrogens is 271 g/mol. The van der Waals surface area contributed by atoms with Crippen molar-refractivity contribution < 1.29 is 9.18 Å². The molecule has 0 radical (unpaired) electrons. The molecule has 1 aromatic heterocycles. The Hall–Kier alpha value is -2.24. The Balaban J connectivity index is 1.54. The zero-order chi connectivity index (χ0) is 14.7. The maximum atomic E-state index is 13.5. The van der Waals surface area contributed by atoms with Crippen molar-refractivity contribution in [2.75, 3.05) is 13.1 Å². The van der Waals surface area contributed by atoms with Gasteiger partial charge in [0.25, 0.3) is 0 Å². The van der Waals surface area contributed by atoms with Gasteiger partial charge in [0.2, 0.25) is 5.91 Å². The third kappa shape index (κ3) is 3.09. The molecule has 0 N–H and O–H groups in total. The Morgan fingerprint density at radius 2 is 2.05 bits per heavy atom. The minimum atomic E-state index is -0.245. The van der Waals surface area contributed by atoms with Crippen LogP contribution in [0.1, 0.15) is 24.4 Å². The van der Waals surface area contributed by atoms with Gasteiger partial charge < -0.3 is 4.90 Å². The average molecular weight is 288 g/mol. The molecule has 1 aliphatic rings. The summed E-state index contributed by atoms with van der Waals surface area (Å²) in [6.45, 7) is 1.34. The van der Waals surface area contributed by atoms with Gasteiger partial charge in [-0.25, -0.2) is 4.39 Å². The standard InChI is InChI=1S/C15H17FN4O/c16-14-4-2-1-3-12(14)5-6-15(21)19-10-7-13(11-19)20-17-8-9-18-20/h1-4,8-9,13H,5-7,10-11H2/t13-/m1/s1. The molecule has 2 aromatic rings. The van der Waals surface area contributed by atoms with Gasteiger partial charge in [-0.15, -0.1) is 0 Å². The zero-order valence-corrected chi connectivity index (χ0v) is 11.7. The summed E-state index contributed by atoms with van der Waals surface area (Å²) >= 11 is 0. The Morgan fingerprint density at radius 1 is 1.29 bits per heavy atom. The molecule has 1 fully saturated rings. The van der Waals surface area contributed by atoms with E-state index >= 15 is 0 Å². The zero-order valence-electron chi connectivity index (χ0n) is 11.7. The van der Waals surface area contributed by atoms with Crippen molar-refractivity contribution >= 4 is 5.91 Å². The smallest absolute Gasteiger partial charge is 0.222 e. The topological polar surface area (TPSA) is 51.0 Å². The fraction of sp³-hybridized carbons (Fsp3) is 0.400. The van der Waals surface area contributed by atoms with E-state index in [1.54, 1.807) is 35.4 Å². The summed E-state index contributed by atoms with van der Waals surface area (Å²) in [6, 6.07) is 6.75. The lowest BCUT2D eigenvalue weighted by atomic mass is 10.1. The van der Waals surface area contributed by atoms with Crippen molar-refractivity contribution in [3.63, 3.8) is 0 Å². The Bertz CT molecular complexity index is 614. The molecule has 0 spiro atoms. The number of nitrogens with zero attached hydrogens (tertiary/aromatic N) is 4. The van der Waals surface area contributed by atoms with E-state index in [0.717, 1.165) is 6.42 Å². The third-order valence-electron chi connectivity index (χ3n) is 3.85. The molecule has 21 heavy (non-hydrogen) atoms. The summed E-state index contributed by atoms with van der Waals surface area (Å²) in [5.74, 6) is -0.182. The van der Waals surface area contributed by atoms with Gasteiger partial charge in [0.15, 0.2) is 0 Å². The lowest BCUT2D eigenvalue weighted by Crippen LogP contribution is -2.29. The van der Waals surface area contributed by atoms with Gasteiger partial charge in [0, 0.05) is 19.5 Å². The molecule has 2 heterocycles. The fourth-order valence-electron chi connectivity index (χ4n) is 2.67. The van der Waals surface area contributed by atoms with Crippen molar-refractivity contribution in [2.45, 2.75) is 25.3 Å². The Labute approximate surface area is 122 Å². The first-order chi connectivity index (χ1) is 10.2. The number of aryl methyl sites for hydroxylation is 1. The van der Waals surface area contributed by atoms with Crippen LogP contribution in [-0.2, 0) is 11.2 Å². The molecule has 1 aliphatic heterocycles. The molecular formula is C15H17FN4O. The van der Waals surface area contributed by atoms with Crippen molar-refractivity contribution in [1.82, 2.24) is 19.9 Å². The van der Waals surface area contributed by atoms with Gasteiger partial charge in [-0.3, -0.25) is 4.79 Å². The van der Waals surface area contributed by atoms with E-state index in [-0.39, 0.29) is 17.8 Å². The number of amides is 1. The van der Waals surface area contributed by atoms with E-state index in [0.29, 0.717) is 31.5 Å². The van der Waals surface area contributed by atoms with Gasteiger partial charge in [0.05, 0.1) is 18.4 Å². The van der Waals surface area contributed by atoms with E-state index in [1.807, 2.05) is 4.90 Å². The molecule has 1 aromatic carbocycles. The first-order valence-electron chi connectivity index (χ1n) is 7.11. The normalized spacial score (nSPS) is 18.1. The summed E-state index contributed by atoms with van der Waals surface area (Å²) in [7, 11) is 0. The lowest BCUT2D eigenvalue weighted by molar-refractivity contribution is -0.130. The van der Waals surface area contributed by atoms with Gasteiger partial charge in [-0.05, 0) is 24.5 Å².